The summed E-state index contributed by atoms with van der Waals surface area (Å²) in [4.78, 5) is 10.8. The number of amides is 1. The summed E-state index contributed by atoms with van der Waals surface area (Å²) in [6.45, 7) is 5.34. The Balaban J connectivity index is 2.24. The monoisotopic (exact) mass is 172 g/mol. The standard InChI is InChI=1S/C7H16N4O/c1-7(12)10(2)9-11-5-3-8-4-6-11/h8-9H,3-6H2,1-2H3. The van der Waals surface area contributed by atoms with Crippen LogP contribution in [0.4, 0.5) is 0 Å². The molecular weight excluding hydrogens is 156 g/mol. The van der Waals surface area contributed by atoms with Crippen molar-refractivity contribution in [3.05, 3.63) is 0 Å². The Morgan fingerprint density at radius 3 is 2.58 bits per heavy atom. The van der Waals surface area contributed by atoms with Crippen molar-refractivity contribution in [1.82, 2.24) is 20.9 Å². The van der Waals surface area contributed by atoms with Crippen LogP contribution in [0.2, 0.25) is 0 Å². The van der Waals surface area contributed by atoms with Crippen molar-refractivity contribution in [2.24, 2.45) is 0 Å². The number of hydrogen-bond acceptors (Lipinski definition) is 4. The van der Waals surface area contributed by atoms with Gasteiger partial charge < -0.3 is 5.32 Å². The third kappa shape index (κ3) is 2.77. The Kier molecular flexibility index (Phi) is 3.46. The summed E-state index contributed by atoms with van der Waals surface area (Å²) < 4.78 is 0. The van der Waals surface area contributed by atoms with Gasteiger partial charge in [0.2, 0.25) is 5.91 Å². The maximum absolute atomic E-state index is 10.8. The van der Waals surface area contributed by atoms with E-state index < -0.39 is 0 Å². The average molecular weight is 172 g/mol. The molecule has 0 aromatic rings. The van der Waals surface area contributed by atoms with Crippen molar-refractivity contribution < 1.29 is 4.79 Å². The second-order valence-electron chi connectivity index (χ2n) is 2.92. The van der Waals surface area contributed by atoms with Crippen molar-refractivity contribution in [3.8, 4) is 0 Å². The molecule has 0 unspecified atom stereocenters. The summed E-state index contributed by atoms with van der Waals surface area (Å²) in [7, 11) is 1.73. The molecular formula is C7H16N4O. The first-order valence-electron chi connectivity index (χ1n) is 4.16. The van der Waals surface area contributed by atoms with E-state index in [4.69, 9.17) is 0 Å². The smallest absolute Gasteiger partial charge is 0.234 e. The summed E-state index contributed by atoms with van der Waals surface area (Å²) in [5.41, 5.74) is 3.00. The van der Waals surface area contributed by atoms with Gasteiger partial charge in [-0.15, -0.1) is 0 Å². The van der Waals surface area contributed by atoms with Crippen LogP contribution in [-0.2, 0) is 4.79 Å². The zero-order valence-electron chi connectivity index (χ0n) is 7.63. The minimum atomic E-state index is 0.0218. The van der Waals surface area contributed by atoms with Crippen molar-refractivity contribution in [3.63, 3.8) is 0 Å². The molecule has 70 valence electrons. The third-order valence-electron chi connectivity index (χ3n) is 1.88. The van der Waals surface area contributed by atoms with E-state index in [1.807, 2.05) is 5.01 Å². The number of rotatable bonds is 2. The maximum atomic E-state index is 10.8. The Morgan fingerprint density at radius 1 is 1.50 bits per heavy atom. The van der Waals surface area contributed by atoms with Gasteiger partial charge in [0.15, 0.2) is 0 Å². The predicted octanol–water partition coefficient (Wildman–Crippen LogP) is -1.21. The summed E-state index contributed by atoms with van der Waals surface area (Å²) in [5, 5.41) is 6.75. The summed E-state index contributed by atoms with van der Waals surface area (Å²) in [6, 6.07) is 0. The highest BCUT2D eigenvalue weighted by Crippen LogP contribution is 1.88. The lowest BCUT2D eigenvalue weighted by Crippen LogP contribution is -2.56. The van der Waals surface area contributed by atoms with Gasteiger partial charge in [0, 0.05) is 40.2 Å². The van der Waals surface area contributed by atoms with Gasteiger partial charge in [-0.1, -0.05) is 0 Å². The molecule has 5 nitrogen and oxygen atoms in total. The SMILES string of the molecule is CC(=O)N(C)NN1CCNCC1. The first-order chi connectivity index (χ1) is 5.70. The number of hydrogen-bond donors (Lipinski definition) is 2. The average Bonchev–Trinajstić information content (AvgIpc) is 2.06. The molecule has 0 spiro atoms. The van der Waals surface area contributed by atoms with Gasteiger partial charge in [-0.3, -0.25) is 9.80 Å². The lowest BCUT2D eigenvalue weighted by Gasteiger charge is -2.31. The van der Waals surface area contributed by atoms with Crippen LogP contribution >= 0.6 is 0 Å². The van der Waals surface area contributed by atoms with E-state index in [1.54, 1.807) is 7.05 Å². The quantitative estimate of drug-likeness (QED) is 0.513. The zero-order valence-corrected chi connectivity index (χ0v) is 7.63. The fourth-order valence-electron chi connectivity index (χ4n) is 1.05. The molecule has 0 saturated carbocycles. The molecule has 1 aliphatic heterocycles. The molecule has 1 aliphatic rings. The van der Waals surface area contributed by atoms with Crippen LogP contribution in [0.15, 0.2) is 0 Å². The summed E-state index contributed by atoms with van der Waals surface area (Å²) >= 11 is 0. The Hall–Kier alpha value is -0.650. The van der Waals surface area contributed by atoms with E-state index in [0.29, 0.717) is 0 Å². The second kappa shape index (κ2) is 4.39. The van der Waals surface area contributed by atoms with Gasteiger partial charge >= 0.3 is 0 Å². The molecule has 0 atom stereocenters. The van der Waals surface area contributed by atoms with Gasteiger partial charge in [-0.2, -0.15) is 5.53 Å². The molecule has 0 aromatic carbocycles. The molecule has 12 heavy (non-hydrogen) atoms. The highest BCUT2D eigenvalue weighted by atomic mass is 16.2. The molecule has 1 amide bonds. The molecule has 0 aromatic heterocycles. The highest BCUT2D eigenvalue weighted by molar-refractivity contribution is 5.72. The van der Waals surface area contributed by atoms with Crippen LogP contribution in [0.25, 0.3) is 0 Å². The second-order valence-corrected chi connectivity index (χ2v) is 2.92. The van der Waals surface area contributed by atoms with Crippen LogP contribution in [0, 0.1) is 0 Å². The predicted molar refractivity (Wildman–Crippen MR) is 46.0 cm³/mol. The van der Waals surface area contributed by atoms with Gasteiger partial charge in [0.1, 0.15) is 0 Å². The van der Waals surface area contributed by atoms with E-state index in [1.165, 1.54) is 11.9 Å². The normalized spacial score (nSPS) is 19.2. The van der Waals surface area contributed by atoms with E-state index in [-0.39, 0.29) is 5.91 Å². The minimum absolute atomic E-state index is 0.0218. The summed E-state index contributed by atoms with van der Waals surface area (Å²) in [6.07, 6.45) is 0. The van der Waals surface area contributed by atoms with Crippen LogP contribution in [0.3, 0.4) is 0 Å². The van der Waals surface area contributed by atoms with Crippen LogP contribution in [0.5, 0.6) is 0 Å². The minimum Gasteiger partial charge on any atom is -0.314 e. The molecule has 2 N–H and O–H groups in total. The molecule has 1 heterocycles. The lowest BCUT2D eigenvalue weighted by molar-refractivity contribution is -0.135. The van der Waals surface area contributed by atoms with Crippen LogP contribution in [0.1, 0.15) is 6.92 Å². The van der Waals surface area contributed by atoms with Gasteiger partial charge in [0.05, 0.1) is 0 Å². The van der Waals surface area contributed by atoms with Crippen molar-refractivity contribution in [1.29, 1.82) is 0 Å². The Bertz CT molecular complexity index is 155. The van der Waals surface area contributed by atoms with Crippen molar-refractivity contribution >= 4 is 5.91 Å². The fourth-order valence-corrected chi connectivity index (χ4v) is 1.05. The molecule has 1 rings (SSSR count). The largest absolute Gasteiger partial charge is 0.314 e. The van der Waals surface area contributed by atoms with Crippen molar-refractivity contribution in [2.45, 2.75) is 6.92 Å². The number of carbonyl (C=O) groups excluding carboxylic acids is 1. The van der Waals surface area contributed by atoms with Gasteiger partial charge in [-0.05, 0) is 0 Å². The van der Waals surface area contributed by atoms with Crippen LogP contribution < -0.4 is 10.9 Å². The van der Waals surface area contributed by atoms with E-state index >= 15 is 0 Å². The number of carbonyl (C=O) groups is 1. The molecule has 1 saturated heterocycles. The topological polar surface area (TPSA) is 47.6 Å². The van der Waals surface area contributed by atoms with Gasteiger partial charge in [-0.25, -0.2) is 5.01 Å². The first kappa shape index (κ1) is 9.44. The maximum Gasteiger partial charge on any atom is 0.234 e. The van der Waals surface area contributed by atoms with Gasteiger partial charge in [0.25, 0.3) is 0 Å². The molecule has 0 aliphatic carbocycles. The number of nitrogens with one attached hydrogen (secondary N) is 2. The Labute approximate surface area is 72.6 Å². The zero-order chi connectivity index (χ0) is 8.97. The highest BCUT2D eigenvalue weighted by Gasteiger charge is 2.11. The molecule has 5 heteroatoms. The van der Waals surface area contributed by atoms with E-state index in [9.17, 15) is 4.79 Å². The molecule has 0 radical (unpaired) electrons. The Morgan fingerprint density at radius 2 is 2.08 bits per heavy atom. The van der Waals surface area contributed by atoms with Crippen molar-refractivity contribution in [2.75, 3.05) is 33.2 Å². The third-order valence-corrected chi connectivity index (χ3v) is 1.88. The number of nitrogens with zero attached hydrogens (tertiary/aromatic N) is 2. The van der Waals surface area contributed by atoms with E-state index in [0.717, 1.165) is 26.2 Å². The van der Waals surface area contributed by atoms with E-state index in [2.05, 4.69) is 10.9 Å². The number of piperazine rings is 1. The molecule has 1 fully saturated rings. The van der Waals surface area contributed by atoms with Crippen LogP contribution in [-0.4, -0.2) is 49.2 Å². The summed E-state index contributed by atoms with van der Waals surface area (Å²) in [5.74, 6) is 0.0218. The lowest BCUT2D eigenvalue weighted by atomic mass is 10.4. The number of hydrazine groups is 2. The first-order valence-corrected chi connectivity index (χ1v) is 4.16. The fraction of sp³-hybridized carbons (Fsp3) is 0.857. The molecule has 0 bridgehead atoms.